The average Bonchev–Trinajstić information content (AvgIpc) is 3.12. The molecule has 2 rings (SSSR count). The molecule has 1 heterocycles. The first-order valence-corrected chi connectivity index (χ1v) is 14.0. The fourth-order valence-electron chi connectivity index (χ4n) is 4.26. The molecule has 0 radical (unpaired) electrons. The molecule has 0 saturated carbocycles. The maximum atomic E-state index is 13.1. The molecule has 0 unspecified atom stereocenters. The van der Waals surface area contributed by atoms with Crippen molar-refractivity contribution in [3.8, 4) is 0 Å². The number of aromatic nitrogens is 2. The zero-order valence-electron chi connectivity index (χ0n) is 22.0. The third kappa shape index (κ3) is 6.79. The van der Waals surface area contributed by atoms with Gasteiger partial charge in [-0.3, -0.25) is 4.79 Å². The Morgan fingerprint density at radius 3 is 2.24 bits per heavy atom. The van der Waals surface area contributed by atoms with E-state index in [-0.39, 0.29) is 10.8 Å². The monoisotopic (exact) mass is 493 g/mol. The van der Waals surface area contributed by atoms with Crippen molar-refractivity contribution in [1.82, 2.24) is 23.7 Å². The van der Waals surface area contributed by atoms with E-state index < -0.39 is 10.0 Å². The lowest BCUT2D eigenvalue weighted by atomic mass is 10.2. The zero-order valence-corrected chi connectivity index (χ0v) is 22.9. The summed E-state index contributed by atoms with van der Waals surface area (Å²) in [6, 6.07) is 5.09. The van der Waals surface area contributed by atoms with Crippen LogP contribution in [0.4, 0.5) is 0 Å². The van der Waals surface area contributed by atoms with Crippen molar-refractivity contribution in [1.29, 1.82) is 0 Å². The van der Waals surface area contributed by atoms with Gasteiger partial charge in [0.2, 0.25) is 15.9 Å². The number of hydrogen-bond donors (Lipinski definition) is 0. The molecule has 0 saturated heterocycles. The van der Waals surface area contributed by atoms with Gasteiger partial charge in [-0.2, -0.15) is 4.31 Å². The molecule has 0 aliphatic heterocycles. The van der Waals surface area contributed by atoms with Crippen LogP contribution in [0.2, 0.25) is 0 Å². The maximum absolute atomic E-state index is 13.1. The van der Waals surface area contributed by atoms with Crippen LogP contribution in [0.5, 0.6) is 0 Å². The first-order chi connectivity index (χ1) is 16.1. The summed E-state index contributed by atoms with van der Waals surface area (Å²) in [4.78, 5) is 22.3. The molecule has 192 valence electrons. The van der Waals surface area contributed by atoms with E-state index in [4.69, 9.17) is 4.98 Å². The van der Waals surface area contributed by atoms with Crippen molar-refractivity contribution in [3.63, 3.8) is 0 Å². The number of carbonyl (C=O) groups excluding carboxylic acids is 1. The van der Waals surface area contributed by atoms with Crippen LogP contribution >= 0.6 is 0 Å². The third-order valence-corrected chi connectivity index (χ3v) is 8.42. The van der Waals surface area contributed by atoms with Gasteiger partial charge >= 0.3 is 0 Å². The van der Waals surface area contributed by atoms with E-state index in [2.05, 4.69) is 32.6 Å². The van der Waals surface area contributed by atoms with Crippen LogP contribution < -0.4 is 0 Å². The van der Waals surface area contributed by atoms with E-state index in [1.165, 1.54) is 4.31 Å². The Kier molecular flexibility index (Phi) is 10.5. The largest absolute Gasteiger partial charge is 0.341 e. The van der Waals surface area contributed by atoms with E-state index in [1.807, 2.05) is 30.4 Å². The summed E-state index contributed by atoms with van der Waals surface area (Å²) >= 11 is 0. The molecule has 0 atom stereocenters. The predicted octanol–water partition coefficient (Wildman–Crippen LogP) is 3.36. The average molecular weight is 494 g/mol. The number of sulfonamides is 1. The van der Waals surface area contributed by atoms with Gasteiger partial charge in [-0.05, 0) is 37.2 Å². The standard InChI is InChI=1S/C25H43N5O3S/c1-8-28(9-2)16-17-29(19-20(5)6)25(31)15-14-24-26-22-18-21(12-13-23(22)27(24)7)34(32,33)30(10-3)11-4/h12-13,18,20H,8-11,14-17,19H2,1-7H3. The van der Waals surface area contributed by atoms with Gasteiger partial charge in [0.15, 0.2) is 0 Å². The van der Waals surface area contributed by atoms with E-state index in [9.17, 15) is 13.2 Å². The van der Waals surface area contributed by atoms with E-state index in [1.54, 1.807) is 18.2 Å². The van der Waals surface area contributed by atoms with Gasteiger partial charge in [0.05, 0.1) is 15.9 Å². The van der Waals surface area contributed by atoms with Crippen LogP contribution in [-0.2, 0) is 28.3 Å². The maximum Gasteiger partial charge on any atom is 0.243 e. The summed E-state index contributed by atoms with van der Waals surface area (Å²) < 4.78 is 29.2. The minimum atomic E-state index is -3.54. The van der Waals surface area contributed by atoms with Crippen molar-refractivity contribution >= 4 is 27.0 Å². The van der Waals surface area contributed by atoms with Crippen molar-refractivity contribution in [2.24, 2.45) is 13.0 Å². The van der Waals surface area contributed by atoms with Crippen LogP contribution in [-0.4, -0.2) is 83.8 Å². The number of carbonyl (C=O) groups is 1. The Balaban J connectivity index is 2.18. The van der Waals surface area contributed by atoms with E-state index in [0.29, 0.717) is 37.4 Å². The first-order valence-electron chi connectivity index (χ1n) is 12.5. The normalized spacial score (nSPS) is 12.4. The summed E-state index contributed by atoms with van der Waals surface area (Å²) in [6.45, 7) is 17.4. The smallest absolute Gasteiger partial charge is 0.243 e. The second-order valence-corrected chi connectivity index (χ2v) is 11.0. The lowest BCUT2D eigenvalue weighted by Gasteiger charge is -2.28. The quantitative estimate of drug-likeness (QED) is 0.403. The number of fused-ring (bicyclic) bond motifs is 1. The highest BCUT2D eigenvalue weighted by molar-refractivity contribution is 7.89. The van der Waals surface area contributed by atoms with Gasteiger partial charge in [-0.15, -0.1) is 0 Å². The number of hydrogen-bond acceptors (Lipinski definition) is 5. The molecule has 0 spiro atoms. The lowest BCUT2D eigenvalue weighted by Crippen LogP contribution is -2.40. The minimum Gasteiger partial charge on any atom is -0.341 e. The highest BCUT2D eigenvalue weighted by Gasteiger charge is 2.23. The second kappa shape index (κ2) is 12.7. The Hall–Kier alpha value is -1.97. The minimum absolute atomic E-state index is 0.137. The first kappa shape index (κ1) is 28.3. The number of amides is 1. The molecular weight excluding hydrogens is 450 g/mol. The van der Waals surface area contributed by atoms with E-state index >= 15 is 0 Å². The number of rotatable bonds is 14. The fraction of sp³-hybridized carbons (Fsp3) is 0.680. The number of benzene rings is 1. The second-order valence-electron chi connectivity index (χ2n) is 9.09. The van der Waals surface area contributed by atoms with Gasteiger partial charge in [0.25, 0.3) is 0 Å². The van der Waals surface area contributed by atoms with Crippen LogP contribution in [0, 0.1) is 5.92 Å². The van der Waals surface area contributed by atoms with Gasteiger partial charge in [-0.25, -0.2) is 13.4 Å². The number of likely N-dealkylation sites (N-methyl/N-ethyl adjacent to an activating group) is 1. The van der Waals surface area contributed by atoms with Crippen LogP contribution in [0.1, 0.15) is 53.8 Å². The van der Waals surface area contributed by atoms with Gasteiger partial charge in [0.1, 0.15) is 5.82 Å². The molecule has 8 nitrogen and oxygen atoms in total. The highest BCUT2D eigenvalue weighted by Crippen LogP contribution is 2.23. The van der Waals surface area contributed by atoms with Crippen molar-refractivity contribution in [2.45, 2.75) is 59.3 Å². The Morgan fingerprint density at radius 2 is 1.68 bits per heavy atom. The summed E-state index contributed by atoms with van der Waals surface area (Å²) in [7, 11) is -1.63. The molecule has 0 bridgehead atoms. The molecule has 9 heteroatoms. The van der Waals surface area contributed by atoms with Crippen LogP contribution in [0.25, 0.3) is 11.0 Å². The zero-order chi connectivity index (χ0) is 25.5. The van der Waals surface area contributed by atoms with Crippen molar-refractivity contribution < 1.29 is 13.2 Å². The molecule has 0 N–H and O–H groups in total. The van der Waals surface area contributed by atoms with Crippen molar-refractivity contribution in [3.05, 3.63) is 24.0 Å². The number of imidazole rings is 1. The Morgan fingerprint density at radius 1 is 1.03 bits per heavy atom. The van der Waals surface area contributed by atoms with Crippen molar-refractivity contribution in [2.75, 3.05) is 45.8 Å². The Bertz CT molecular complexity index is 1040. The number of nitrogens with zero attached hydrogens (tertiary/aromatic N) is 5. The summed E-state index contributed by atoms with van der Waals surface area (Å²) in [5.41, 5.74) is 1.50. The fourth-order valence-corrected chi connectivity index (χ4v) is 5.74. The van der Waals surface area contributed by atoms with Crippen LogP contribution in [0.15, 0.2) is 23.1 Å². The highest BCUT2D eigenvalue weighted by atomic mass is 32.2. The molecule has 1 amide bonds. The van der Waals surface area contributed by atoms with Gasteiger partial charge in [-0.1, -0.05) is 41.5 Å². The SMILES string of the molecule is CCN(CC)CCN(CC(C)C)C(=O)CCc1nc2cc(S(=O)(=O)N(CC)CC)ccc2n1C. The summed E-state index contributed by atoms with van der Waals surface area (Å²) in [5, 5.41) is 0. The number of aryl methyl sites for hydroxylation is 2. The molecule has 0 aliphatic carbocycles. The molecular formula is C25H43N5O3S. The van der Waals surface area contributed by atoms with Crippen LogP contribution in [0.3, 0.4) is 0 Å². The van der Waals surface area contributed by atoms with E-state index in [0.717, 1.165) is 44.1 Å². The topological polar surface area (TPSA) is 78.8 Å². The third-order valence-electron chi connectivity index (χ3n) is 6.37. The molecule has 2 aromatic rings. The molecule has 1 aromatic carbocycles. The summed E-state index contributed by atoms with van der Waals surface area (Å²) in [5.74, 6) is 1.33. The molecule has 34 heavy (non-hydrogen) atoms. The lowest BCUT2D eigenvalue weighted by molar-refractivity contribution is -0.132. The molecule has 1 aromatic heterocycles. The van der Waals surface area contributed by atoms with Gasteiger partial charge < -0.3 is 14.4 Å². The van der Waals surface area contributed by atoms with Gasteiger partial charge in [0, 0.05) is 52.6 Å². The molecule has 0 fully saturated rings. The summed E-state index contributed by atoms with van der Waals surface area (Å²) in [6.07, 6.45) is 0.898. The Labute approximate surface area is 206 Å². The molecule has 0 aliphatic rings. The predicted molar refractivity (Wildman–Crippen MR) is 138 cm³/mol.